The average Bonchev–Trinajstić information content (AvgIpc) is 2.81. The lowest BCUT2D eigenvalue weighted by atomic mass is 9.77. The van der Waals surface area contributed by atoms with Crippen molar-refractivity contribution in [3.63, 3.8) is 0 Å². The van der Waals surface area contributed by atoms with E-state index in [1.54, 1.807) is 6.20 Å². The number of rotatable bonds is 0. The van der Waals surface area contributed by atoms with Gasteiger partial charge in [-0.2, -0.15) is 0 Å². The molecule has 0 amide bonds. The normalized spacial score (nSPS) is 22.4. The Hall–Kier alpha value is -2.59. The molecule has 3 heterocycles. The summed E-state index contributed by atoms with van der Waals surface area (Å²) in [6, 6.07) is 12.0. The predicted octanol–water partition coefficient (Wildman–Crippen LogP) is 5.11. The zero-order valence-electron chi connectivity index (χ0n) is 14.8. The minimum atomic E-state index is -0.728. The van der Waals surface area contributed by atoms with Gasteiger partial charge in [-0.05, 0) is 43.7 Å². The van der Waals surface area contributed by atoms with Crippen LogP contribution in [0.25, 0.3) is 10.8 Å². The van der Waals surface area contributed by atoms with Crippen molar-refractivity contribution in [3.8, 4) is 5.75 Å². The highest BCUT2D eigenvalue weighted by Crippen LogP contribution is 2.55. The zero-order valence-corrected chi connectivity index (χ0v) is 15.6. The maximum Gasteiger partial charge on any atom is 0.228 e. The zero-order chi connectivity index (χ0) is 18.1. The van der Waals surface area contributed by atoms with E-state index in [4.69, 9.17) is 21.3 Å². The van der Waals surface area contributed by atoms with Gasteiger partial charge in [-0.15, -0.1) is 0 Å². The summed E-state index contributed by atoms with van der Waals surface area (Å²) in [5, 5.41) is 2.81. The molecule has 0 saturated carbocycles. The molecule has 0 bridgehead atoms. The number of pyridine rings is 1. The molecule has 4 nitrogen and oxygen atoms in total. The van der Waals surface area contributed by atoms with Crippen molar-refractivity contribution in [3.05, 3.63) is 59.4 Å². The van der Waals surface area contributed by atoms with E-state index in [-0.39, 0.29) is 5.41 Å². The number of para-hydroxylation sites is 1. The van der Waals surface area contributed by atoms with Crippen LogP contribution in [0, 0.1) is 0 Å². The van der Waals surface area contributed by atoms with Crippen molar-refractivity contribution < 1.29 is 4.74 Å². The lowest BCUT2D eigenvalue weighted by molar-refractivity contribution is 0.0826. The van der Waals surface area contributed by atoms with Crippen molar-refractivity contribution in [2.45, 2.75) is 25.0 Å². The number of benzene rings is 2. The number of likely N-dealkylation sites (N-methyl/N-ethyl adjacent to an activating group) is 1. The van der Waals surface area contributed by atoms with Crippen molar-refractivity contribution in [1.82, 2.24) is 4.98 Å². The summed E-state index contributed by atoms with van der Waals surface area (Å²) in [4.78, 5) is 11.1. The third-order valence-corrected chi connectivity index (χ3v) is 6.08. The molecule has 3 aromatic rings. The molecule has 0 N–H and O–H groups in total. The van der Waals surface area contributed by atoms with E-state index >= 15 is 0 Å². The second kappa shape index (κ2) is 4.98. The number of hydrogen-bond acceptors (Lipinski definition) is 4. The SMILES string of the molecule is CN1c2c(Cl)cccc2C(C)(C)C12C=Nc1c(ccc3cnccc13)O2. The van der Waals surface area contributed by atoms with Gasteiger partial charge < -0.3 is 9.64 Å². The van der Waals surface area contributed by atoms with Crippen molar-refractivity contribution in [2.24, 2.45) is 4.99 Å². The number of nitrogens with zero attached hydrogens (tertiary/aromatic N) is 3. The molecule has 2 aromatic carbocycles. The highest BCUT2D eigenvalue weighted by atomic mass is 35.5. The Balaban J connectivity index is 1.73. The number of aliphatic imine (C=N–C) groups is 1. The van der Waals surface area contributed by atoms with Gasteiger partial charge in [0.2, 0.25) is 5.72 Å². The molecule has 0 radical (unpaired) electrons. The van der Waals surface area contributed by atoms with Gasteiger partial charge in [-0.1, -0.05) is 23.7 Å². The third kappa shape index (κ3) is 1.75. The van der Waals surface area contributed by atoms with E-state index in [1.807, 2.05) is 49.8 Å². The first kappa shape index (κ1) is 15.6. The molecule has 26 heavy (non-hydrogen) atoms. The Morgan fingerprint density at radius 3 is 2.77 bits per heavy atom. The first-order valence-corrected chi connectivity index (χ1v) is 8.97. The van der Waals surface area contributed by atoms with E-state index in [0.717, 1.165) is 38.5 Å². The molecule has 1 spiro atoms. The smallest absolute Gasteiger partial charge is 0.228 e. The van der Waals surface area contributed by atoms with E-state index in [1.165, 1.54) is 0 Å². The quantitative estimate of drug-likeness (QED) is 0.557. The lowest BCUT2D eigenvalue weighted by Gasteiger charge is -2.45. The maximum atomic E-state index is 6.65. The van der Waals surface area contributed by atoms with Crippen molar-refractivity contribution in [2.75, 3.05) is 11.9 Å². The first-order valence-electron chi connectivity index (χ1n) is 8.59. The van der Waals surface area contributed by atoms with Gasteiger partial charge in [0.25, 0.3) is 0 Å². The fourth-order valence-electron chi connectivity index (χ4n) is 4.28. The van der Waals surface area contributed by atoms with Gasteiger partial charge in [0.1, 0.15) is 11.4 Å². The number of ether oxygens (including phenoxy) is 1. The van der Waals surface area contributed by atoms with Gasteiger partial charge in [0.05, 0.1) is 22.3 Å². The second-order valence-corrected chi connectivity index (χ2v) is 7.79. The summed E-state index contributed by atoms with van der Waals surface area (Å²) < 4.78 is 6.65. The van der Waals surface area contributed by atoms with Gasteiger partial charge in [-0.25, -0.2) is 0 Å². The Kier molecular flexibility index (Phi) is 3.00. The fraction of sp³-hybridized carbons (Fsp3) is 0.238. The molecule has 0 saturated heterocycles. The van der Waals surface area contributed by atoms with Gasteiger partial charge >= 0.3 is 0 Å². The molecule has 2 aliphatic heterocycles. The molecular formula is C21H18ClN3O. The van der Waals surface area contributed by atoms with Gasteiger partial charge in [-0.3, -0.25) is 9.98 Å². The molecule has 0 aliphatic carbocycles. The monoisotopic (exact) mass is 363 g/mol. The Labute approximate surface area is 157 Å². The number of hydrogen-bond donors (Lipinski definition) is 0. The van der Waals surface area contributed by atoms with Crippen LogP contribution >= 0.6 is 11.6 Å². The van der Waals surface area contributed by atoms with Gasteiger partial charge in [0, 0.05) is 30.2 Å². The molecular weight excluding hydrogens is 346 g/mol. The summed E-state index contributed by atoms with van der Waals surface area (Å²) in [6.07, 6.45) is 5.55. The summed E-state index contributed by atoms with van der Waals surface area (Å²) in [7, 11) is 2.02. The number of halogens is 1. The van der Waals surface area contributed by atoms with E-state index in [9.17, 15) is 0 Å². The summed E-state index contributed by atoms with van der Waals surface area (Å²) in [5.74, 6) is 0.773. The molecule has 130 valence electrons. The first-order chi connectivity index (χ1) is 12.5. The summed E-state index contributed by atoms with van der Waals surface area (Å²) in [5.41, 5.74) is 1.96. The van der Waals surface area contributed by atoms with Crippen LogP contribution < -0.4 is 9.64 Å². The summed E-state index contributed by atoms with van der Waals surface area (Å²) >= 11 is 6.52. The molecule has 1 unspecified atom stereocenters. The topological polar surface area (TPSA) is 37.7 Å². The molecule has 5 rings (SSSR count). The third-order valence-electron chi connectivity index (χ3n) is 5.78. The molecule has 1 aromatic heterocycles. The van der Waals surface area contributed by atoms with Crippen LogP contribution in [0.5, 0.6) is 5.75 Å². The summed E-state index contributed by atoms with van der Waals surface area (Å²) in [6.45, 7) is 4.35. The minimum Gasteiger partial charge on any atom is -0.459 e. The standard InChI is InChI=1S/C21H18ClN3O/c1-20(2)15-5-4-6-16(22)19(15)25(3)21(20)12-24-18-14-9-10-23-11-13(14)7-8-17(18)26-21/h4-12H,1-3H3. The Bertz CT molecular complexity index is 1090. The van der Waals surface area contributed by atoms with Crippen LogP contribution in [0.2, 0.25) is 5.02 Å². The fourth-order valence-corrected chi connectivity index (χ4v) is 4.58. The predicted molar refractivity (Wildman–Crippen MR) is 106 cm³/mol. The number of fused-ring (bicyclic) bond motifs is 4. The number of aromatic nitrogens is 1. The maximum absolute atomic E-state index is 6.65. The highest BCUT2D eigenvalue weighted by Gasteiger charge is 2.59. The van der Waals surface area contributed by atoms with Crippen LogP contribution in [0.1, 0.15) is 19.4 Å². The van der Waals surface area contributed by atoms with Crippen LogP contribution in [-0.2, 0) is 5.41 Å². The number of anilines is 1. The molecule has 1 atom stereocenters. The lowest BCUT2D eigenvalue weighted by Crippen LogP contribution is -2.61. The van der Waals surface area contributed by atoms with Crippen LogP contribution in [0.3, 0.4) is 0 Å². The Morgan fingerprint density at radius 1 is 1.12 bits per heavy atom. The van der Waals surface area contributed by atoms with Crippen LogP contribution in [-0.4, -0.2) is 24.0 Å². The molecule has 2 aliphatic rings. The molecule has 5 heteroatoms. The van der Waals surface area contributed by atoms with Crippen LogP contribution in [0.4, 0.5) is 11.4 Å². The largest absolute Gasteiger partial charge is 0.459 e. The van der Waals surface area contributed by atoms with Crippen molar-refractivity contribution in [1.29, 1.82) is 0 Å². The van der Waals surface area contributed by atoms with Crippen LogP contribution in [0.15, 0.2) is 53.8 Å². The minimum absolute atomic E-state index is 0.323. The molecule has 0 fully saturated rings. The highest BCUT2D eigenvalue weighted by molar-refractivity contribution is 6.33. The Morgan fingerprint density at radius 2 is 1.96 bits per heavy atom. The second-order valence-electron chi connectivity index (χ2n) is 7.39. The van der Waals surface area contributed by atoms with Crippen molar-refractivity contribution >= 4 is 40.0 Å². The van der Waals surface area contributed by atoms with Gasteiger partial charge in [0.15, 0.2) is 0 Å². The van der Waals surface area contributed by atoms with E-state index in [2.05, 4.69) is 29.8 Å². The average molecular weight is 364 g/mol. The van der Waals surface area contributed by atoms with E-state index in [0.29, 0.717) is 0 Å². The van der Waals surface area contributed by atoms with E-state index < -0.39 is 5.72 Å².